The molecule has 1 aromatic rings. The van der Waals surface area contributed by atoms with Gasteiger partial charge in [0, 0.05) is 17.8 Å². The van der Waals surface area contributed by atoms with Crippen molar-refractivity contribution in [1.29, 1.82) is 0 Å². The van der Waals surface area contributed by atoms with E-state index in [0.717, 1.165) is 11.3 Å². The van der Waals surface area contributed by atoms with Gasteiger partial charge in [0.2, 0.25) is 10.0 Å². The Morgan fingerprint density at radius 2 is 2.10 bits per heavy atom. The molecule has 0 fully saturated rings. The van der Waals surface area contributed by atoms with Crippen molar-refractivity contribution in [1.82, 2.24) is 4.72 Å². The van der Waals surface area contributed by atoms with Crippen LogP contribution in [0.3, 0.4) is 0 Å². The van der Waals surface area contributed by atoms with Crippen LogP contribution in [-0.2, 0) is 14.8 Å². The van der Waals surface area contributed by atoms with Gasteiger partial charge in [-0.3, -0.25) is 4.79 Å². The SMILES string of the molecule is CCC(CCNS(=O)(=O)c1ccc(C)s1)CCC(=O)O. The van der Waals surface area contributed by atoms with Crippen molar-refractivity contribution in [3.8, 4) is 0 Å². The zero-order valence-electron chi connectivity index (χ0n) is 11.8. The molecule has 0 saturated heterocycles. The molecule has 1 aromatic heterocycles. The van der Waals surface area contributed by atoms with E-state index in [0.29, 0.717) is 23.6 Å². The monoisotopic (exact) mass is 319 g/mol. The summed E-state index contributed by atoms with van der Waals surface area (Å²) in [4.78, 5) is 11.5. The lowest BCUT2D eigenvalue weighted by Crippen LogP contribution is -2.25. The fraction of sp³-hybridized carbons (Fsp3) is 0.615. The lowest BCUT2D eigenvalue weighted by molar-refractivity contribution is -0.137. The maximum absolute atomic E-state index is 12.0. The van der Waals surface area contributed by atoms with Gasteiger partial charge >= 0.3 is 5.97 Å². The third-order valence-electron chi connectivity index (χ3n) is 3.17. The predicted octanol–water partition coefficient (Wildman–Crippen LogP) is 2.62. The van der Waals surface area contributed by atoms with Crippen molar-refractivity contribution in [3.63, 3.8) is 0 Å². The summed E-state index contributed by atoms with van der Waals surface area (Å²) in [7, 11) is -3.42. The fourth-order valence-corrected chi connectivity index (χ4v) is 4.28. The summed E-state index contributed by atoms with van der Waals surface area (Å²) < 4.78 is 26.9. The molecular weight excluding hydrogens is 298 g/mol. The zero-order valence-corrected chi connectivity index (χ0v) is 13.4. The van der Waals surface area contributed by atoms with Crippen LogP contribution in [0.25, 0.3) is 0 Å². The molecule has 0 spiro atoms. The maximum atomic E-state index is 12.0. The normalized spacial score (nSPS) is 13.3. The molecule has 5 nitrogen and oxygen atoms in total. The standard InChI is InChI=1S/C13H21NO4S2/c1-3-11(5-6-12(15)16)8-9-14-20(17,18)13-7-4-10(2)19-13/h4,7,11,14H,3,5-6,8-9H2,1-2H3,(H,15,16). The first kappa shape index (κ1) is 17.1. The van der Waals surface area contributed by atoms with Crippen molar-refractivity contribution in [3.05, 3.63) is 17.0 Å². The van der Waals surface area contributed by atoms with Crippen molar-refractivity contribution in [2.45, 2.75) is 43.7 Å². The largest absolute Gasteiger partial charge is 0.481 e. The zero-order chi connectivity index (χ0) is 15.2. The number of rotatable bonds is 9. The number of thiophene rings is 1. The highest BCUT2D eigenvalue weighted by molar-refractivity contribution is 7.91. The van der Waals surface area contributed by atoms with Gasteiger partial charge in [-0.15, -0.1) is 11.3 Å². The number of carboxylic acids is 1. The minimum Gasteiger partial charge on any atom is -0.481 e. The summed E-state index contributed by atoms with van der Waals surface area (Å²) in [5.41, 5.74) is 0. The molecule has 114 valence electrons. The molecule has 0 saturated carbocycles. The molecule has 0 bridgehead atoms. The number of carboxylic acid groups (broad SMARTS) is 1. The first-order chi connectivity index (χ1) is 9.35. The lowest BCUT2D eigenvalue weighted by Gasteiger charge is -2.13. The summed E-state index contributed by atoms with van der Waals surface area (Å²) in [6.45, 7) is 4.20. The number of hydrogen-bond acceptors (Lipinski definition) is 4. The molecule has 0 amide bonds. The average molecular weight is 319 g/mol. The molecule has 0 aliphatic carbocycles. The smallest absolute Gasteiger partial charge is 0.303 e. The second-order valence-corrected chi connectivity index (χ2v) is 8.04. The Balaban J connectivity index is 2.44. The van der Waals surface area contributed by atoms with Gasteiger partial charge in [0.15, 0.2) is 0 Å². The second kappa shape index (κ2) is 7.75. The molecule has 2 N–H and O–H groups in total. The third-order valence-corrected chi connectivity index (χ3v) is 6.12. The Hall–Kier alpha value is -0.920. The van der Waals surface area contributed by atoms with Crippen molar-refractivity contribution < 1.29 is 18.3 Å². The minimum atomic E-state index is -3.42. The highest BCUT2D eigenvalue weighted by Gasteiger charge is 2.16. The quantitative estimate of drug-likeness (QED) is 0.733. The predicted molar refractivity (Wildman–Crippen MR) is 79.5 cm³/mol. The molecule has 0 aliphatic heterocycles. The molecule has 0 aromatic carbocycles. The van der Waals surface area contributed by atoms with E-state index in [4.69, 9.17) is 5.11 Å². The van der Waals surface area contributed by atoms with E-state index in [9.17, 15) is 13.2 Å². The Morgan fingerprint density at radius 1 is 1.40 bits per heavy atom. The van der Waals surface area contributed by atoms with Crippen LogP contribution < -0.4 is 4.72 Å². The first-order valence-corrected chi connectivity index (χ1v) is 8.93. The molecule has 0 radical (unpaired) electrons. The molecule has 1 atom stereocenters. The van der Waals surface area contributed by atoms with Crippen LogP contribution in [0.15, 0.2) is 16.3 Å². The van der Waals surface area contributed by atoms with E-state index in [1.807, 2.05) is 13.8 Å². The Labute approximate surface area is 124 Å². The second-order valence-electron chi connectivity index (χ2n) is 4.76. The molecule has 20 heavy (non-hydrogen) atoms. The van der Waals surface area contributed by atoms with Crippen molar-refractivity contribution >= 4 is 27.3 Å². The Bertz CT molecular complexity index is 536. The summed E-state index contributed by atoms with van der Waals surface area (Å²) in [6, 6.07) is 3.38. The van der Waals surface area contributed by atoms with Crippen molar-refractivity contribution in [2.24, 2.45) is 5.92 Å². The van der Waals surface area contributed by atoms with E-state index in [2.05, 4.69) is 4.72 Å². The van der Waals surface area contributed by atoms with E-state index in [-0.39, 0.29) is 12.3 Å². The number of aliphatic carboxylic acids is 1. The van der Waals surface area contributed by atoms with E-state index in [1.165, 1.54) is 11.3 Å². The van der Waals surface area contributed by atoms with Crippen LogP contribution in [0, 0.1) is 12.8 Å². The Morgan fingerprint density at radius 3 is 2.60 bits per heavy atom. The molecule has 1 unspecified atom stereocenters. The van der Waals surface area contributed by atoms with Gasteiger partial charge in [-0.1, -0.05) is 13.3 Å². The van der Waals surface area contributed by atoms with Gasteiger partial charge in [0.25, 0.3) is 0 Å². The van der Waals surface area contributed by atoms with Crippen LogP contribution in [0.2, 0.25) is 0 Å². The molecule has 7 heteroatoms. The number of aryl methyl sites for hydroxylation is 1. The van der Waals surface area contributed by atoms with Gasteiger partial charge in [-0.05, 0) is 37.8 Å². The number of sulfonamides is 1. The van der Waals surface area contributed by atoms with Crippen LogP contribution >= 0.6 is 11.3 Å². The summed E-state index contributed by atoms with van der Waals surface area (Å²) in [5, 5.41) is 8.65. The van der Waals surface area contributed by atoms with Gasteiger partial charge in [-0.2, -0.15) is 0 Å². The molecular formula is C13H21NO4S2. The summed E-state index contributed by atoms with van der Waals surface area (Å²) in [5.74, 6) is -0.572. The molecule has 0 aliphatic rings. The Kier molecular flexibility index (Phi) is 6.64. The minimum absolute atomic E-state index is 0.134. The summed E-state index contributed by atoms with van der Waals surface area (Å²) >= 11 is 1.25. The molecule has 1 heterocycles. The van der Waals surface area contributed by atoms with E-state index in [1.54, 1.807) is 12.1 Å². The topological polar surface area (TPSA) is 83.5 Å². The van der Waals surface area contributed by atoms with Gasteiger partial charge in [-0.25, -0.2) is 13.1 Å². The molecule has 1 rings (SSSR count). The fourth-order valence-electron chi connectivity index (χ4n) is 1.91. The summed E-state index contributed by atoms with van der Waals surface area (Å²) in [6.07, 6.45) is 2.24. The van der Waals surface area contributed by atoms with E-state index < -0.39 is 16.0 Å². The van der Waals surface area contributed by atoms with Crippen molar-refractivity contribution in [2.75, 3.05) is 6.54 Å². The maximum Gasteiger partial charge on any atom is 0.303 e. The number of carbonyl (C=O) groups is 1. The van der Waals surface area contributed by atoms with Crippen LogP contribution in [0.5, 0.6) is 0 Å². The number of nitrogens with one attached hydrogen (secondary N) is 1. The highest BCUT2D eigenvalue weighted by atomic mass is 32.2. The van der Waals surface area contributed by atoms with Gasteiger partial charge in [0.05, 0.1) is 0 Å². The van der Waals surface area contributed by atoms with Gasteiger partial charge < -0.3 is 5.11 Å². The van der Waals surface area contributed by atoms with E-state index >= 15 is 0 Å². The third kappa shape index (κ3) is 5.60. The lowest BCUT2D eigenvalue weighted by atomic mass is 9.97. The highest BCUT2D eigenvalue weighted by Crippen LogP contribution is 2.21. The number of hydrogen-bond donors (Lipinski definition) is 2. The van der Waals surface area contributed by atoms with Crippen LogP contribution in [0.1, 0.15) is 37.5 Å². The van der Waals surface area contributed by atoms with Gasteiger partial charge in [0.1, 0.15) is 4.21 Å². The average Bonchev–Trinajstić information content (AvgIpc) is 2.80. The van der Waals surface area contributed by atoms with Crippen LogP contribution in [-0.4, -0.2) is 26.0 Å². The first-order valence-electron chi connectivity index (χ1n) is 6.63. The van der Waals surface area contributed by atoms with Crippen LogP contribution in [0.4, 0.5) is 0 Å².